The molecule has 126 valence electrons. The van der Waals surface area contributed by atoms with Crippen LogP contribution in [0.15, 0.2) is 48.5 Å². The summed E-state index contributed by atoms with van der Waals surface area (Å²) in [6, 6.07) is 15.4. The molecule has 1 fully saturated rings. The first-order chi connectivity index (χ1) is 11.7. The summed E-state index contributed by atoms with van der Waals surface area (Å²) in [5.74, 6) is 3.45. The van der Waals surface area contributed by atoms with Gasteiger partial charge in [-0.2, -0.15) is 11.8 Å². The molecule has 4 nitrogen and oxygen atoms in total. The Hall–Kier alpha value is -2.14. The lowest BCUT2D eigenvalue weighted by Gasteiger charge is -2.36. The van der Waals surface area contributed by atoms with Gasteiger partial charge in [-0.1, -0.05) is 18.2 Å². The number of methoxy groups -OCH3 is 2. The predicted octanol–water partition coefficient (Wildman–Crippen LogP) is 3.63. The summed E-state index contributed by atoms with van der Waals surface area (Å²) >= 11 is 1.88. The molecule has 24 heavy (non-hydrogen) atoms. The molecular weight excluding hydrogens is 322 g/mol. The van der Waals surface area contributed by atoms with Crippen LogP contribution in [0, 0.1) is 0 Å². The highest BCUT2D eigenvalue weighted by Crippen LogP contribution is 2.32. The van der Waals surface area contributed by atoms with Crippen molar-refractivity contribution in [3.63, 3.8) is 0 Å². The van der Waals surface area contributed by atoms with Gasteiger partial charge in [0.15, 0.2) is 0 Å². The Labute approximate surface area is 146 Å². The van der Waals surface area contributed by atoms with E-state index >= 15 is 0 Å². The van der Waals surface area contributed by atoms with E-state index in [1.807, 2.05) is 59.1 Å². The van der Waals surface area contributed by atoms with Crippen LogP contribution < -0.4 is 9.47 Å². The average Bonchev–Trinajstić information content (AvgIpc) is 2.67. The van der Waals surface area contributed by atoms with Crippen molar-refractivity contribution in [3.8, 4) is 11.5 Å². The molecule has 2 aromatic rings. The van der Waals surface area contributed by atoms with Crippen LogP contribution in [0.2, 0.25) is 0 Å². The Balaban J connectivity index is 1.86. The zero-order valence-electron chi connectivity index (χ0n) is 13.9. The molecule has 1 atom stereocenters. The molecule has 1 heterocycles. The molecule has 0 aliphatic carbocycles. The maximum absolute atomic E-state index is 13.0. The van der Waals surface area contributed by atoms with Crippen LogP contribution in [0.1, 0.15) is 22.0 Å². The van der Waals surface area contributed by atoms with Crippen molar-refractivity contribution in [2.45, 2.75) is 6.04 Å². The second kappa shape index (κ2) is 7.62. The van der Waals surface area contributed by atoms with Crippen molar-refractivity contribution in [2.75, 3.05) is 32.3 Å². The smallest absolute Gasteiger partial charge is 0.254 e. The monoisotopic (exact) mass is 343 g/mol. The van der Waals surface area contributed by atoms with Crippen molar-refractivity contribution in [1.82, 2.24) is 4.90 Å². The van der Waals surface area contributed by atoms with Crippen LogP contribution in [0.5, 0.6) is 11.5 Å². The van der Waals surface area contributed by atoms with Gasteiger partial charge in [0.1, 0.15) is 11.5 Å². The molecule has 0 saturated carbocycles. The third kappa shape index (κ3) is 3.51. The molecule has 1 saturated heterocycles. The lowest BCUT2D eigenvalue weighted by molar-refractivity contribution is 0.0701. The predicted molar refractivity (Wildman–Crippen MR) is 97.1 cm³/mol. The topological polar surface area (TPSA) is 38.8 Å². The molecule has 0 N–H and O–H groups in total. The maximum atomic E-state index is 13.0. The quantitative estimate of drug-likeness (QED) is 0.850. The summed E-state index contributed by atoms with van der Waals surface area (Å²) in [4.78, 5) is 15.0. The Kier molecular flexibility index (Phi) is 5.30. The molecule has 1 aliphatic heterocycles. The van der Waals surface area contributed by atoms with Gasteiger partial charge < -0.3 is 14.4 Å². The van der Waals surface area contributed by atoms with E-state index in [1.54, 1.807) is 20.3 Å². The lowest BCUT2D eigenvalue weighted by Crippen LogP contribution is -2.40. The number of hydrogen-bond donors (Lipinski definition) is 0. The zero-order valence-corrected chi connectivity index (χ0v) is 14.7. The van der Waals surface area contributed by atoms with Gasteiger partial charge in [-0.15, -0.1) is 0 Å². The number of hydrogen-bond acceptors (Lipinski definition) is 4. The van der Waals surface area contributed by atoms with Crippen LogP contribution in [-0.4, -0.2) is 43.1 Å². The molecule has 2 aromatic carbocycles. The summed E-state index contributed by atoms with van der Waals surface area (Å²) < 4.78 is 10.5. The third-order valence-electron chi connectivity index (χ3n) is 4.21. The third-order valence-corrected chi connectivity index (χ3v) is 5.23. The van der Waals surface area contributed by atoms with E-state index in [-0.39, 0.29) is 11.9 Å². The summed E-state index contributed by atoms with van der Waals surface area (Å²) in [6.45, 7) is 0.747. The maximum Gasteiger partial charge on any atom is 0.254 e. The van der Waals surface area contributed by atoms with Gasteiger partial charge >= 0.3 is 0 Å². The Bertz CT molecular complexity index is 702. The highest BCUT2D eigenvalue weighted by molar-refractivity contribution is 7.99. The molecule has 0 spiro atoms. The molecule has 0 radical (unpaired) electrons. The Morgan fingerprint density at radius 2 is 1.83 bits per heavy atom. The molecule has 1 aliphatic rings. The number of rotatable bonds is 4. The summed E-state index contributed by atoms with van der Waals surface area (Å²) in [5, 5.41) is 0. The van der Waals surface area contributed by atoms with Gasteiger partial charge in [0.05, 0.1) is 20.3 Å². The van der Waals surface area contributed by atoms with Gasteiger partial charge in [-0.3, -0.25) is 4.79 Å². The van der Waals surface area contributed by atoms with Gasteiger partial charge in [0, 0.05) is 23.6 Å². The van der Waals surface area contributed by atoms with Gasteiger partial charge in [-0.25, -0.2) is 0 Å². The second-order valence-electron chi connectivity index (χ2n) is 5.59. The highest BCUT2D eigenvalue weighted by atomic mass is 32.2. The number of amides is 1. The summed E-state index contributed by atoms with van der Waals surface area (Å²) in [5.41, 5.74) is 1.80. The fourth-order valence-corrected chi connectivity index (χ4v) is 3.96. The highest BCUT2D eigenvalue weighted by Gasteiger charge is 2.29. The zero-order chi connectivity index (χ0) is 16.9. The van der Waals surface area contributed by atoms with Crippen molar-refractivity contribution in [2.24, 2.45) is 0 Å². The van der Waals surface area contributed by atoms with Gasteiger partial charge in [-0.05, 0) is 35.9 Å². The molecule has 5 heteroatoms. The van der Waals surface area contributed by atoms with Crippen molar-refractivity contribution in [3.05, 3.63) is 59.7 Å². The number of carbonyl (C=O) groups is 1. The van der Waals surface area contributed by atoms with E-state index in [0.29, 0.717) is 11.3 Å². The Morgan fingerprint density at radius 1 is 1.08 bits per heavy atom. The number of thioether (sulfide) groups is 1. The van der Waals surface area contributed by atoms with Crippen molar-refractivity contribution >= 4 is 17.7 Å². The van der Waals surface area contributed by atoms with Gasteiger partial charge in [0.25, 0.3) is 5.91 Å². The minimum atomic E-state index is 0.0509. The molecule has 0 unspecified atom stereocenters. The molecule has 0 aromatic heterocycles. The fraction of sp³-hybridized carbons (Fsp3) is 0.316. The summed E-state index contributed by atoms with van der Waals surface area (Å²) in [6.07, 6.45) is 0. The number of benzene rings is 2. The first-order valence-corrected chi connectivity index (χ1v) is 9.05. The van der Waals surface area contributed by atoms with Gasteiger partial charge in [0.2, 0.25) is 0 Å². The van der Waals surface area contributed by atoms with E-state index < -0.39 is 0 Å². The standard InChI is InChI=1S/C19H21NO3S/c1-22-16-8-6-14(7-9-16)18-13-24-11-10-20(18)19(21)15-4-3-5-17(12-15)23-2/h3-9,12,18H,10-11,13H2,1-2H3/t18-/m0/s1. The average molecular weight is 343 g/mol. The molecular formula is C19H21NO3S. The largest absolute Gasteiger partial charge is 0.497 e. The fourth-order valence-electron chi connectivity index (χ4n) is 2.87. The molecule has 1 amide bonds. The van der Waals surface area contributed by atoms with Crippen molar-refractivity contribution < 1.29 is 14.3 Å². The molecule has 0 bridgehead atoms. The van der Waals surface area contributed by atoms with E-state index in [4.69, 9.17) is 9.47 Å². The number of nitrogens with zero attached hydrogens (tertiary/aromatic N) is 1. The van der Waals surface area contributed by atoms with Crippen LogP contribution in [-0.2, 0) is 0 Å². The van der Waals surface area contributed by atoms with E-state index in [9.17, 15) is 4.79 Å². The first-order valence-electron chi connectivity index (χ1n) is 7.89. The number of ether oxygens (including phenoxy) is 2. The summed E-state index contributed by atoms with van der Waals surface area (Å²) in [7, 11) is 3.27. The minimum absolute atomic E-state index is 0.0509. The van der Waals surface area contributed by atoms with Crippen molar-refractivity contribution in [1.29, 1.82) is 0 Å². The normalized spacial score (nSPS) is 17.4. The molecule has 3 rings (SSSR count). The van der Waals surface area contributed by atoms with Crippen LogP contribution in [0.3, 0.4) is 0 Å². The number of carbonyl (C=O) groups excluding carboxylic acids is 1. The Morgan fingerprint density at radius 3 is 2.54 bits per heavy atom. The van der Waals surface area contributed by atoms with E-state index in [0.717, 1.165) is 29.4 Å². The minimum Gasteiger partial charge on any atom is -0.497 e. The van der Waals surface area contributed by atoms with E-state index in [1.165, 1.54) is 0 Å². The lowest BCUT2D eigenvalue weighted by atomic mass is 10.0. The van der Waals surface area contributed by atoms with Crippen LogP contribution >= 0.6 is 11.8 Å². The van der Waals surface area contributed by atoms with Crippen LogP contribution in [0.4, 0.5) is 0 Å². The SMILES string of the molecule is COc1ccc([C@@H]2CSCCN2C(=O)c2cccc(OC)c2)cc1. The second-order valence-corrected chi connectivity index (χ2v) is 6.74. The van der Waals surface area contributed by atoms with E-state index in [2.05, 4.69) is 0 Å². The van der Waals surface area contributed by atoms with Crippen LogP contribution in [0.25, 0.3) is 0 Å². The first kappa shape index (κ1) is 16.7.